The van der Waals surface area contributed by atoms with E-state index in [9.17, 15) is 4.79 Å². The second-order valence-corrected chi connectivity index (χ2v) is 5.55. The molecule has 0 bridgehead atoms. The number of carbonyl (C=O) groups excluding carboxylic acids is 1. The summed E-state index contributed by atoms with van der Waals surface area (Å²) in [5, 5.41) is 8.76. The Bertz CT molecular complexity index is 717. The van der Waals surface area contributed by atoms with Crippen molar-refractivity contribution in [1.82, 2.24) is 4.90 Å². The molecule has 3 rings (SSSR count). The third kappa shape index (κ3) is 3.82. The van der Waals surface area contributed by atoms with E-state index in [4.69, 9.17) is 10.00 Å². The first-order valence-electron chi connectivity index (χ1n) is 7.88. The first-order chi connectivity index (χ1) is 11.8. The zero-order valence-corrected chi connectivity index (χ0v) is 13.3. The number of aromatic amines is 1. The second-order valence-electron chi connectivity index (χ2n) is 5.55. The number of rotatable bonds is 4. The summed E-state index contributed by atoms with van der Waals surface area (Å²) in [6.45, 7) is 3.02. The molecule has 1 aromatic carbocycles. The summed E-state index contributed by atoms with van der Waals surface area (Å²) in [7, 11) is 0. The van der Waals surface area contributed by atoms with Crippen molar-refractivity contribution in [2.75, 3.05) is 37.7 Å². The normalized spacial score (nSPS) is 14.1. The van der Waals surface area contributed by atoms with E-state index in [1.165, 1.54) is 0 Å². The number of ether oxygens (including phenoxy) is 1. The highest BCUT2D eigenvalue weighted by molar-refractivity contribution is 5.78. The van der Waals surface area contributed by atoms with Crippen LogP contribution in [0.4, 0.5) is 5.69 Å². The minimum Gasteiger partial charge on any atom is -0.484 e. The minimum absolute atomic E-state index is 0.0135. The van der Waals surface area contributed by atoms with Gasteiger partial charge in [0.05, 0.1) is 11.6 Å². The molecule has 1 fully saturated rings. The van der Waals surface area contributed by atoms with E-state index in [2.05, 4.69) is 16.0 Å². The highest BCUT2D eigenvalue weighted by Crippen LogP contribution is 2.15. The predicted molar refractivity (Wildman–Crippen MR) is 88.4 cm³/mol. The monoisotopic (exact) mass is 323 g/mol. The third-order valence-corrected chi connectivity index (χ3v) is 4.04. The summed E-state index contributed by atoms with van der Waals surface area (Å²) in [6.07, 6.45) is 3.80. The van der Waals surface area contributed by atoms with Gasteiger partial charge in [0.25, 0.3) is 5.91 Å². The van der Waals surface area contributed by atoms with Gasteiger partial charge in [-0.15, -0.1) is 0 Å². The van der Waals surface area contributed by atoms with Gasteiger partial charge in [-0.25, -0.2) is 4.98 Å². The van der Waals surface area contributed by atoms with Crippen LogP contribution in [0.5, 0.6) is 5.75 Å². The van der Waals surface area contributed by atoms with E-state index in [-0.39, 0.29) is 12.5 Å². The van der Waals surface area contributed by atoms with Crippen molar-refractivity contribution in [3.63, 3.8) is 0 Å². The summed E-state index contributed by atoms with van der Waals surface area (Å²) in [5.41, 5.74) is 1.73. The zero-order valence-electron chi connectivity index (χ0n) is 13.3. The smallest absolute Gasteiger partial charge is 0.260 e. The topological polar surface area (TPSA) is 70.7 Å². The number of pyridine rings is 1. The van der Waals surface area contributed by atoms with Gasteiger partial charge in [-0.05, 0) is 24.3 Å². The van der Waals surface area contributed by atoms with Gasteiger partial charge < -0.3 is 14.5 Å². The van der Waals surface area contributed by atoms with Crippen molar-refractivity contribution in [3.8, 4) is 11.8 Å². The van der Waals surface area contributed by atoms with Crippen molar-refractivity contribution in [1.29, 1.82) is 5.26 Å². The first kappa shape index (κ1) is 15.8. The number of anilines is 1. The summed E-state index contributed by atoms with van der Waals surface area (Å²) >= 11 is 0. The van der Waals surface area contributed by atoms with Crippen LogP contribution in [0.25, 0.3) is 0 Å². The second kappa shape index (κ2) is 7.47. The Morgan fingerprint density at radius 2 is 1.75 bits per heavy atom. The molecule has 1 aliphatic heterocycles. The molecule has 1 amide bonds. The molecular weight excluding hydrogens is 304 g/mol. The van der Waals surface area contributed by atoms with Gasteiger partial charge in [0, 0.05) is 44.0 Å². The van der Waals surface area contributed by atoms with Gasteiger partial charge in [-0.2, -0.15) is 5.26 Å². The number of nitrogens with one attached hydrogen (secondary N) is 1. The molecule has 0 atom stereocenters. The van der Waals surface area contributed by atoms with Crippen molar-refractivity contribution in [2.45, 2.75) is 0 Å². The lowest BCUT2D eigenvalue weighted by Crippen LogP contribution is -2.50. The molecule has 2 heterocycles. The molecule has 0 spiro atoms. The Morgan fingerprint density at radius 1 is 1.08 bits per heavy atom. The van der Waals surface area contributed by atoms with Gasteiger partial charge in [0.2, 0.25) is 0 Å². The number of hydrogen-bond donors (Lipinski definition) is 0. The lowest BCUT2D eigenvalue weighted by atomic mass is 10.2. The van der Waals surface area contributed by atoms with Crippen LogP contribution < -0.4 is 14.6 Å². The molecular formula is C18H19N4O2+. The molecule has 1 aromatic heterocycles. The van der Waals surface area contributed by atoms with Crippen molar-refractivity contribution >= 4 is 11.6 Å². The van der Waals surface area contributed by atoms with Crippen LogP contribution in [0.1, 0.15) is 5.56 Å². The maximum Gasteiger partial charge on any atom is 0.260 e. The van der Waals surface area contributed by atoms with Crippen molar-refractivity contribution in [3.05, 3.63) is 54.4 Å². The van der Waals surface area contributed by atoms with E-state index in [0.717, 1.165) is 18.8 Å². The van der Waals surface area contributed by atoms with Crippen LogP contribution in [-0.4, -0.2) is 43.6 Å². The number of piperazine rings is 1. The molecule has 24 heavy (non-hydrogen) atoms. The number of benzene rings is 1. The fourth-order valence-electron chi connectivity index (χ4n) is 2.67. The van der Waals surface area contributed by atoms with E-state index in [1.54, 1.807) is 24.3 Å². The van der Waals surface area contributed by atoms with Crippen LogP contribution >= 0.6 is 0 Å². The van der Waals surface area contributed by atoms with Gasteiger partial charge >= 0.3 is 0 Å². The Labute approximate surface area is 140 Å². The van der Waals surface area contributed by atoms with Crippen LogP contribution in [0.2, 0.25) is 0 Å². The molecule has 0 radical (unpaired) electrons. The summed E-state index contributed by atoms with van der Waals surface area (Å²) in [4.78, 5) is 19.4. The van der Waals surface area contributed by atoms with E-state index in [0.29, 0.717) is 24.4 Å². The fourth-order valence-corrected chi connectivity index (χ4v) is 2.67. The molecule has 6 nitrogen and oxygen atoms in total. The Hall–Kier alpha value is -3.07. The number of hydrogen-bond acceptors (Lipinski definition) is 4. The fraction of sp³-hybridized carbons (Fsp3) is 0.278. The summed E-state index contributed by atoms with van der Waals surface area (Å²) in [5.74, 6) is 0.585. The summed E-state index contributed by atoms with van der Waals surface area (Å²) < 4.78 is 5.51. The van der Waals surface area contributed by atoms with Crippen LogP contribution in [0, 0.1) is 11.3 Å². The SMILES string of the molecule is N#Cc1ccc(OCC(=O)N2CCN(c3cc[nH+]cc3)CC2)cc1. The quantitative estimate of drug-likeness (QED) is 0.845. The predicted octanol–water partition coefficient (Wildman–Crippen LogP) is 1.10. The number of carbonyl (C=O) groups is 1. The van der Waals surface area contributed by atoms with E-state index in [1.807, 2.05) is 29.4 Å². The Morgan fingerprint density at radius 3 is 2.38 bits per heavy atom. The molecule has 1 aliphatic rings. The highest BCUT2D eigenvalue weighted by atomic mass is 16.5. The van der Waals surface area contributed by atoms with Gasteiger partial charge in [-0.1, -0.05) is 0 Å². The first-order valence-corrected chi connectivity index (χ1v) is 7.88. The van der Waals surface area contributed by atoms with Crippen molar-refractivity contribution < 1.29 is 14.5 Å². The highest BCUT2D eigenvalue weighted by Gasteiger charge is 2.21. The lowest BCUT2D eigenvalue weighted by molar-refractivity contribution is -0.377. The minimum atomic E-state index is -0.0135. The molecule has 122 valence electrons. The Kier molecular flexibility index (Phi) is 4.92. The zero-order chi connectivity index (χ0) is 16.8. The van der Waals surface area contributed by atoms with E-state index >= 15 is 0 Å². The lowest BCUT2D eigenvalue weighted by Gasteiger charge is -2.35. The van der Waals surface area contributed by atoms with E-state index < -0.39 is 0 Å². The molecule has 1 saturated heterocycles. The van der Waals surface area contributed by atoms with Crippen LogP contribution in [-0.2, 0) is 4.79 Å². The molecule has 0 aliphatic carbocycles. The molecule has 0 saturated carbocycles. The van der Waals surface area contributed by atoms with Gasteiger partial charge in [0.15, 0.2) is 19.0 Å². The number of aromatic nitrogens is 1. The van der Waals surface area contributed by atoms with Crippen LogP contribution in [0.3, 0.4) is 0 Å². The number of H-pyrrole nitrogens is 1. The average molecular weight is 323 g/mol. The van der Waals surface area contributed by atoms with Crippen molar-refractivity contribution in [2.24, 2.45) is 0 Å². The standard InChI is InChI=1S/C18H18N4O2/c19-13-15-1-3-17(4-2-15)24-14-18(23)22-11-9-21(10-12-22)16-5-7-20-8-6-16/h1-8H,9-12,14H2/p+1. The number of amides is 1. The number of nitriles is 1. The Balaban J connectivity index is 1.47. The third-order valence-electron chi connectivity index (χ3n) is 4.04. The average Bonchev–Trinajstić information content (AvgIpc) is 2.67. The summed E-state index contributed by atoms with van der Waals surface area (Å²) in [6, 6.07) is 12.9. The molecule has 0 unspecified atom stereocenters. The maximum absolute atomic E-state index is 12.3. The largest absolute Gasteiger partial charge is 0.484 e. The van der Waals surface area contributed by atoms with Gasteiger partial charge in [0.1, 0.15) is 5.75 Å². The van der Waals surface area contributed by atoms with Gasteiger partial charge in [-0.3, -0.25) is 4.79 Å². The molecule has 1 N–H and O–H groups in total. The number of nitrogens with zero attached hydrogens (tertiary/aromatic N) is 3. The molecule has 2 aromatic rings. The molecule has 6 heteroatoms. The maximum atomic E-state index is 12.3. The van der Waals surface area contributed by atoms with Crippen LogP contribution in [0.15, 0.2) is 48.8 Å².